The fourth-order valence-electron chi connectivity index (χ4n) is 2.69. The van der Waals surface area contributed by atoms with Crippen molar-refractivity contribution in [1.82, 2.24) is 0 Å². The van der Waals surface area contributed by atoms with Gasteiger partial charge in [-0.3, -0.25) is 0 Å². The first-order valence-electron chi connectivity index (χ1n) is 7.51. The van der Waals surface area contributed by atoms with E-state index < -0.39 is 7.12 Å². The van der Waals surface area contributed by atoms with E-state index in [1.165, 1.54) is 0 Å². The van der Waals surface area contributed by atoms with Gasteiger partial charge in [0.2, 0.25) is 0 Å². The van der Waals surface area contributed by atoms with E-state index in [9.17, 15) is 0 Å². The Hall–Kier alpha value is -1.75. The molecule has 2 aromatic rings. The fraction of sp³-hybridized carbons (Fsp3) is 0.294. The standard InChI is InChI=1S/C17H22B2O4/c1-13-11-16(12-14(2)17(13)19(21-4)22-5)23-18(20-3)15-9-7-6-8-10-15/h6-12H,1-5H3. The summed E-state index contributed by atoms with van der Waals surface area (Å²) in [4.78, 5) is 0. The van der Waals surface area contributed by atoms with E-state index in [2.05, 4.69) is 0 Å². The van der Waals surface area contributed by atoms with Gasteiger partial charge < -0.3 is 18.6 Å². The van der Waals surface area contributed by atoms with Crippen LogP contribution in [-0.2, 0) is 14.0 Å². The maximum absolute atomic E-state index is 6.01. The molecule has 4 nitrogen and oxygen atoms in total. The second-order valence-corrected chi connectivity index (χ2v) is 5.37. The lowest BCUT2D eigenvalue weighted by Gasteiger charge is -2.19. The van der Waals surface area contributed by atoms with Crippen LogP contribution in [0.25, 0.3) is 0 Å². The van der Waals surface area contributed by atoms with Crippen LogP contribution in [0.4, 0.5) is 0 Å². The van der Waals surface area contributed by atoms with E-state index in [0.717, 1.165) is 27.8 Å². The second kappa shape index (κ2) is 8.20. The van der Waals surface area contributed by atoms with Gasteiger partial charge in [0.25, 0.3) is 0 Å². The zero-order valence-corrected chi connectivity index (χ0v) is 14.3. The highest BCUT2D eigenvalue weighted by atomic mass is 16.6. The molecule has 23 heavy (non-hydrogen) atoms. The average Bonchev–Trinajstić information content (AvgIpc) is 2.56. The minimum absolute atomic E-state index is 0.378. The van der Waals surface area contributed by atoms with E-state index in [1.54, 1.807) is 21.3 Å². The Morgan fingerprint density at radius 2 is 1.26 bits per heavy atom. The molecule has 120 valence electrons. The van der Waals surface area contributed by atoms with E-state index in [0.29, 0.717) is 0 Å². The molecule has 0 atom stereocenters. The Kier molecular flexibility index (Phi) is 6.28. The summed E-state index contributed by atoms with van der Waals surface area (Å²) in [6.07, 6.45) is 0. The third-order valence-corrected chi connectivity index (χ3v) is 3.76. The molecule has 0 saturated carbocycles. The summed E-state index contributed by atoms with van der Waals surface area (Å²) < 4.78 is 22.2. The molecule has 0 N–H and O–H groups in total. The third-order valence-electron chi connectivity index (χ3n) is 3.76. The molecule has 2 rings (SSSR count). The predicted molar refractivity (Wildman–Crippen MR) is 94.8 cm³/mol. The number of benzene rings is 2. The lowest BCUT2D eigenvalue weighted by Crippen LogP contribution is -2.40. The molecule has 0 heterocycles. The summed E-state index contributed by atoms with van der Waals surface area (Å²) in [6, 6.07) is 13.8. The second-order valence-electron chi connectivity index (χ2n) is 5.37. The average molecular weight is 312 g/mol. The Morgan fingerprint density at radius 3 is 1.74 bits per heavy atom. The zero-order chi connectivity index (χ0) is 16.8. The molecule has 0 radical (unpaired) electrons. The summed E-state index contributed by atoms with van der Waals surface area (Å²) in [5.74, 6) is 0.755. The largest absolute Gasteiger partial charge is 0.562 e. The van der Waals surface area contributed by atoms with Crippen molar-refractivity contribution in [3.05, 3.63) is 53.6 Å². The van der Waals surface area contributed by atoms with Gasteiger partial charge in [-0.05, 0) is 48.0 Å². The van der Waals surface area contributed by atoms with Gasteiger partial charge in [0.15, 0.2) is 0 Å². The third kappa shape index (κ3) is 4.16. The molecule has 0 aliphatic carbocycles. The Balaban J connectivity index is 2.27. The fourth-order valence-corrected chi connectivity index (χ4v) is 2.69. The van der Waals surface area contributed by atoms with E-state index >= 15 is 0 Å². The quantitative estimate of drug-likeness (QED) is 0.730. The summed E-state index contributed by atoms with van der Waals surface area (Å²) in [6.45, 7) is 4.04. The Morgan fingerprint density at radius 1 is 0.739 bits per heavy atom. The van der Waals surface area contributed by atoms with E-state index in [4.69, 9.17) is 18.6 Å². The number of aryl methyl sites for hydroxylation is 2. The number of rotatable bonds is 7. The number of hydrogen-bond donors (Lipinski definition) is 0. The first-order valence-corrected chi connectivity index (χ1v) is 7.51. The van der Waals surface area contributed by atoms with Crippen LogP contribution in [0.1, 0.15) is 11.1 Å². The van der Waals surface area contributed by atoms with Crippen LogP contribution < -0.4 is 15.6 Å². The minimum Gasteiger partial charge on any atom is -0.532 e. The molecule has 0 aromatic heterocycles. The highest BCUT2D eigenvalue weighted by molar-refractivity contribution is 6.63. The molecule has 0 aliphatic heterocycles. The van der Waals surface area contributed by atoms with Crippen molar-refractivity contribution in [3.63, 3.8) is 0 Å². The lowest BCUT2D eigenvalue weighted by molar-refractivity contribution is 0.291. The van der Waals surface area contributed by atoms with Gasteiger partial charge in [-0.15, -0.1) is 0 Å². The van der Waals surface area contributed by atoms with Crippen molar-refractivity contribution < 1.29 is 18.6 Å². The molecule has 0 spiro atoms. The van der Waals surface area contributed by atoms with Gasteiger partial charge in [0, 0.05) is 21.3 Å². The smallest absolute Gasteiger partial charge is 0.532 e. The van der Waals surface area contributed by atoms with Crippen molar-refractivity contribution in [2.45, 2.75) is 13.8 Å². The molecule has 2 aromatic carbocycles. The van der Waals surface area contributed by atoms with E-state index in [1.807, 2.05) is 56.3 Å². The van der Waals surface area contributed by atoms with Gasteiger partial charge in [-0.25, -0.2) is 0 Å². The SMILES string of the molecule is COB(Oc1cc(C)c(B(OC)OC)c(C)c1)c1ccccc1. The first kappa shape index (κ1) is 17.6. The maximum atomic E-state index is 6.01. The first-order chi connectivity index (χ1) is 11.1. The predicted octanol–water partition coefficient (Wildman–Crippen LogP) is 1.71. The summed E-state index contributed by atoms with van der Waals surface area (Å²) in [5, 5.41) is 0. The zero-order valence-electron chi connectivity index (χ0n) is 14.3. The minimum atomic E-state index is -0.443. The molecule has 0 amide bonds. The lowest BCUT2D eigenvalue weighted by atomic mass is 9.73. The maximum Gasteiger partial charge on any atom is 0.562 e. The molecular formula is C17H22B2O4. The topological polar surface area (TPSA) is 36.9 Å². The summed E-state index contributed by atoms with van der Waals surface area (Å²) in [7, 11) is 4.08. The molecule has 0 unspecified atom stereocenters. The van der Waals surface area contributed by atoms with Crippen LogP contribution >= 0.6 is 0 Å². The monoisotopic (exact) mass is 312 g/mol. The van der Waals surface area contributed by atoms with Crippen LogP contribution in [0.2, 0.25) is 0 Å². The molecular weight excluding hydrogens is 290 g/mol. The van der Waals surface area contributed by atoms with Gasteiger partial charge in [0.1, 0.15) is 5.75 Å². The van der Waals surface area contributed by atoms with Crippen LogP contribution in [0.15, 0.2) is 42.5 Å². The summed E-state index contributed by atoms with van der Waals surface area (Å²) in [5.41, 5.74) is 4.10. The van der Waals surface area contributed by atoms with Crippen LogP contribution in [0.3, 0.4) is 0 Å². The highest BCUT2D eigenvalue weighted by Crippen LogP contribution is 2.17. The van der Waals surface area contributed by atoms with Crippen molar-refractivity contribution in [3.8, 4) is 5.75 Å². The van der Waals surface area contributed by atoms with Crippen molar-refractivity contribution in [1.29, 1.82) is 0 Å². The van der Waals surface area contributed by atoms with E-state index in [-0.39, 0.29) is 7.12 Å². The van der Waals surface area contributed by atoms with Crippen LogP contribution in [0, 0.1) is 13.8 Å². The molecule has 0 bridgehead atoms. The Labute approximate surface area is 139 Å². The van der Waals surface area contributed by atoms with Gasteiger partial charge in [-0.1, -0.05) is 30.3 Å². The van der Waals surface area contributed by atoms with Gasteiger partial charge >= 0.3 is 14.2 Å². The van der Waals surface area contributed by atoms with Crippen molar-refractivity contribution in [2.75, 3.05) is 21.3 Å². The molecule has 0 saturated heterocycles. The Bertz CT molecular complexity index is 607. The summed E-state index contributed by atoms with van der Waals surface area (Å²) >= 11 is 0. The van der Waals surface area contributed by atoms with Crippen molar-refractivity contribution in [2.24, 2.45) is 0 Å². The normalized spacial score (nSPS) is 10.5. The number of hydrogen-bond acceptors (Lipinski definition) is 4. The molecule has 0 aliphatic rings. The molecule has 0 fully saturated rings. The van der Waals surface area contributed by atoms with Crippen molar-refractivity contribution >= 4 is 25.2 Å². The highest BCUT2D eigenvalue weighted by Gasteiger charge is 2.25. The van der Waals surface area contributed by atoms with Crippen LogP contribution in [-0.4, -0.2) is 35.6 Å². The van der Waals surface area contributed by atoms with Gasteiger partial charge in [0.05, 0.1) is 0 Å². The van der Waals surface area contributed by atoms with Gasteiger partial charge in [-0.2, -0.15) is 0 Å². The molecule has 6 heteroatoms. The van der Waals surface area contributed by atoms with Crippen LogP contribution in [0.5, 0.6) is 5.75 Å².